The highest BCUT2D eigenvalue weighted by molar-refractivity contribution is 6.00. The van der Waals surface area contributed by atoms with E-state index in [-0.39, 0.29) is 24.2 Å². The number of hydrogen-bond acceptors (Lipinski definition) is 5. The van der Waals surface area contributed by atoms with Gasteiger partial charge in [-0.05, 0) is 66.4 Å². The molecule has 5 rings (SSSR count). The Balaban J connectivity index is 1.36. The molecule has 0 saturated carbocycles. The number of Topliss-reactive ketones (excluding diaryl/α,β-unsaturated/α-hetero) is 1. The fraction of sp³-hybridized carbons (Fsp3) is 0.219. The maximum Gasteiger partial charge on any atom is 0.246 e. The largest absolute Gasteiger partial charge is 0.488 e. The molecule has 1 aromatic heterocycles. The average molecular weight is 522 g/mol. The van der Waals surface area contributed by atoms with Gasteiger partial charge in [-0.1, -0.05) is 43.0 Å². The van der Waals surface area contributed by atoms with Gasteiger partial charge in [0.05, 0.1) is 18.3 Å². The number of benzene rings is 3. The van der Waals surface area contributed by atoms with E-state index < -0.39 is 0 Å². The third kappa shape index (κ3) is 6.44. The smallest absolute Gasteiger partial charge is 0.246 e. The van der Waals surface area contributed by atoms with Crippen molar-refractivity contribution in [2.45, 2.75) is 25.4 Å². The molecule has 0 bridgehead atoms. The fourth-order valence-corrected chi connectivity index (χ4v) is 4.72. The first-order chi connectivity index (χ1) is 19.0. The third-order valence-corrected chi connectivity index (χ3v) is 6.75. The van der Waals surface area contributed by atoms with E-state index in [1.165, 1.54) is 6.08 Å². The molecule has 198 valence electrons. The first-order valence-electron chi connectivity index (χ1n) is 13.0. The number of carbonyl (C=O) groups is 2. The summed E-state index contributed by atoms with van der Waals surface area (Å²) in [5.74, 6) is 1.83. The van der Waals surface area contributed by atoms with E-state index >= 15 is 0 Å². The number of ketones is 1. The lowest BCUT2D eigenvalue weighted by molar-refractivity contribution is -0.128. The number of rotatable bonds is 9. The SMILES string of the molecule is C=CC(=O)N1CCC[C@@H](Oc2cc(-c3cnn(C)c3)ccc2C(=O)Cc2ccc(Oc3ccccc3)cc2)C1. The average Bonchev–Trinajstić information content (AvgIpc) is 3.40. The van der Waals surface area contributed by atoms with Crippen LogP contribution in [-0.2, 0) is 18.3 Å². The highest BCUT2D eigenvalue weighted by Gasteiger charge is 2.25. The molecule has 4 aromatic rings. The zero-order valence-electron chi connectivity index (χ0n) is 22.0. The van der Waals surface area contributed by atoms with Crippen LogP contribution >= 0.6 is 0 Å². The number of carbonyl (C=O) groups excluding carboxylic acids is 2. The van der Waals surface area contributed by atoms with Gasteiger partial charge in [-0.3, -0.25) is 14.3 Å². The molecule has 1 amide bonds. The Bertz CT molecular complexity index is 1460. The fourth-order valence-electron chi connectivity index (χ4n) is 4.72. The maximum absolute atomic E-state index is 13.5. The molecule has 1 aliphatic heterocycles. The van der Waals surface area contributed by atoms with Crippen molar-refractivity contribution < 1.29 is 19.1 Å². The van der Waals surface area contributed by atoms with Crippen molar-refractivity contribution in [3.63, 3.8) is 0 Å². The summed E-state index contributed by atoms with van der Waals surface area (Å²) < 4.78 is 14.0. The van der Waals surface area contributed by atoms with Gasteiger partial charge in [-0.25, -0.2) is 0 Å². The predicted molar refractivity (Wildman–Crippen MR) is 150 cm³/mol. The van der Waals surface area contributed by atoms with Crippen molar-refractivity contribution in [2.75, 3.05) is 13.1 Å². The van der Waals surface area contributed by atoms with Crippen LogP contribution in [-0.4, -0.2) is 45.6 Å². The molecule has 7 heteroatoms. The summed E-state index contributed by atoms with van der Waals surface area (Å²) in [7, 11) is 1.86. The number of piperidine rings is 1. The van der Waals surface area contributed by atoms with Crippen LogP contribution in [0.3, 0.4) is 0 Å². The van der Waals surface area contributed by atoms with E-state index in [0.29, 0.717) is 30.2 Å². The molecule has 0 spiro atoms. The monoisotopic (exact) mass is 521 g/mol. The predicted octanol–water partition coefficient (Wildman–Crippen LogP) is 5.86. The summed E-state index contributed by atoms with van der Waals surface area (Å²) in [5.41, 5.74) is 3.23. The standard InChI is InChI=1S/C32H31N3O4/c1-3-32(37)35-17-7-10-28(22-35)39-31-19-24(25-20-33-34(2)21-25)13-16-29(31)30(36)18-23-11-14-27(15-12-23)38-26-8-5-4-6-9-26/h3-6,8-9,11-16,19-21,28H,1,7,10,17-18,22H2,2H3/t28-/m1/s1. The summed E-state index contributed by atoms with van der Waals surface area (Å²) >= 11 is 0. The molecule has 7 nitrogen and oxygen atoms in total. The van der Waals surface area contributed by atoms with E-state index in [2.05, 4.69) is 11.7 Å². The van der Waals surface area contributed by atoms with E-state index in [1.54, 1.807) is 15.8 Å². The van der Waals surface area contributed by atoms with Crippen LogP contribution in [0.4, 0.5) is 0 Å². The highest BCUT2D eigenvalue weighted by Crippen LogP contribution is 2.31. The quantitative estimate of drug-likeness (QED) is 0.204. The van der Waals surface area contributed by atoms with Gasteiger partial charge in [-0.15, -0.1) is 0 Å². The van der Waals surface area contributed by atoms with Gasteiger partial charge in [0.15, 0.2) is 5.78 Å². The third-order valence-electron chi connectivity index (χ3n) is 6.75. The van der Waals surface area contributed by atoms with Crippen molar-refractivity contribution in [1.82, 2.24) is 14.7 Å². The van der Waals surface area contributed by atoms with Crippen molar-refractivity contribution in [2.24, 2.45) is 7.05 Å². The van der Waals surface area contributed by atoms with Crippen LogP contribution < -0.4 is 9.47 Å². The van der Waals surface area contributed by atoms with Gasteiger partial charge in [0, 0.05) is 31.8 Å². The first-order valence-corrected chi connectivity index (χ1v) is 13.0. The molecule has 1 atom stereocenters. The second-order valence-electron chi connectivity index (χ2n) is 9.64. The number of nitrogens with zero attached hydrogens (tertiary/aromatic N) is 3. The summed E-state index contributed by atoms with van der Waals surface area (Å²) in [6, 6.07) is 22.8. The molecule has 2 heterocycles. The zero-order valence-corrected chi connectivity index (χ0v) is 22.0. The maximum atomic E-state index is 13.5. The van der Waals surface area contributed by atoms with Gasteiger partial charge in [0.25, 0.3) is 0 Å². The molecule has 0 aliphatic carbocycles. The summed E-state index contributed by atoms with van der Waals surface area (Å²) in [4.78, 5) is 27.5. The van der Waals surface area contributed by atoms with Crippen LogP contribution in [0, 0.1) is 0 Å². The molecule has 1 aliphatic rings. The van der Waals surface area contributed by atoms with Crippen LogP contribution in [0.2, 0.25) is 0 Å². The van der Waals surface area contributed by atoms with Crippen molar-refractivity contribution in [3.05, 3.63) is 109 Å². The van der Waals surface area contributed by atoms with Gasteiger partial charge in [-0.2, -0.15) is 5.10 Å². The number of aryl methyl sites for hydroxylation is 1. The second-order valence-corrected chi connectivity index (χ2v) is 9.64. The lowest BCUT2D eigenvalue weighted by atomic mass is 9.99. The Morgan fingerprint density at radius 2 is 1.79 bits per heavy atom. The Morgan fingerprint density at radius 3 is 2.51 bits per heavy atom. The number of likely N-dealkylation sites (tertiary alicyclic amines) is 1. The Labute approximate surface area is 228 Å². The number of amides is 1. The minimum Gasteiger partial charge on any atom is -0.488 e. The molecule has 1 saturated heterocycles. The van der Waals surface area contributed by atoms with Gasteiger partial charge >= 0.3 is 0 Å². The zero-order chi connectivity index (χ0) is 27.2. The molecule has 1 fully saturated rings. The van der Waals surface area contributed by atoms with E-state index in [4.69, 9.17) is 9.47 Å². The second kappa shape index (κ2) is 11.8. The summed E-state index contributed by atoms with van der Waals surface area (Å²) in [6.07, 6.45) is 6.67. The number of para-hydroxylation sites is 1. The van der Waals surface area contributed by atoms with Gasteiger partial charge in [0.2, 0.25) is 5.91 Å². The van der Waals surface area contributed by atoms with Crippen LogP contribution in [0.1, 0.15) is 28.8 Å². The van der Waals surface area contributed by atoms with Crippen molar-refractivity contribution >= 4 is 11.7 Å². The molecule has 0 radical (unpaired) electrons. The Morgan fingerprint density at radius 1 is 1.03 bits per heavy atom. The van der Waals surface area contributed by atoms with Crippen molar-refractivity contribution in [3.8, 4) is 28.4 Å². The molecular weight excluding hydrogens is 490 g/mol. The number of ether oxygens (including phenoxy) is 2. The highest BCUT2D eigenvalue weighted by atomic mass is 16.5. The molecule has 0 unspecified atom stereocenters. The van der Waals surface area contributed by atoms with E-state index in [1.807, 2.05) is 86.0 Å². The molecule has 39 heavy (non-hydrogen) atoms. The van der Waals surface area contributed by atoms with E-state index in [0.717, 1.165) is 35.3 Å². The molecular formula is C32H31N3O4. The topological polar surface area (TPSA) is 73.7 Å². The molecule has 3 aromatic carbocycles. The summed E-state index contributed by atoms with van der Waals surface area (Å²) in [5, 5.41) is 4.27. The number of aromatic nitrogens is 2. The van der Waals surface area contributed by atoms with Crippen LogP contribution in [0.15, 0.2) is 97.8 Å². The number of hydrogen-bond donors (Lipinski definition) is 0. The lowest BCUT2D eigenvalue weighted by Crippen LogP contribution is -2.43. The van der Waals surface area contributed by atoms with E-state index in [9.17, 15) is 9.59 Å². The Hall–Kier alpha value is -4.65. The molecule has 0 N–H and O–H groups in total. The van der Waals surface area contributed by atoms with Gasteiger partial charge < -0.3 is 14.4 Å². The minimum absolute atomic E-state index is 0.0469. The van der Waals surface area contributed by atoms with Crippen LogP contribution in [0.25, 0.3) is 11.1 Å². The van der Waals surface area contributed by atoms with Gasteiger partial charge in [0.1, 0.15) is 23.4 Å². The normalized spacial score (nSPS) is 15.0. The Kier molecular flexibility index (Phi) is 7.87. The minimum atomic E-state index is -0.215. The van der Waals surface area contributed by atoms with Crippen LogP contribution in [0.5, 0.6) is 17.2 Å². The summed E-state index contributed by atoms with van der Waals surface area (Å²) in [6.45, 7) is 4.74. The lowest BCUT2D eigenvalue weighted by Gasteiger charge is -2.32. The van der Waals surface area contributed by atoms with Crippen molar-refractivity contribution in [1.29, 1.82) is 0 Å². The first kappa shape index (κ1) is 26.0.